The van der Waals surface area contributed by atoms with Gasteiger partial charge in [-0.2, -0.15) is 0 Å². The molecule has 17 heavy (non-hydrogen) atoms. The molecule has 0 amide bonds. The zero-order valence-corrected chi connectivity index (χ0v) is 9.77. The maximum Gasteiger partial charge on any atom is 0.310 e. The molecule has 0 bridgehead atoms. The van der Waals surface area contributed by atoms with E-state index in [2.05, 4.69) is 9.72 Å². The Morgan fingerprint density at radius 1 is 1.29 bits per heavy atom. The van der Waals surface area contributed by atoms with Gasteiger partial charge >= 0.3 is 5.97 Å². The van der Waals surface area contributed by atoms with Gasteiger partial charge < -0.3 is 9.47 Å². The fraction of sp³-hybridized carbons (Fsp3) is 0.231. The molecule has 2 rings (SSSR count). The molecule has 2 aromatic rings. The van der Waals surface area contributed by atoms with E-state index in [1.165, 1.54) is 7.11 Å². The van der Waals surface area contributed by atoms with Crippen molar-refractivity contribution in [3.05, 3.63) is 36.0 Å². The molecule has 0 saturated heterocycles. The molecule has 0 radical (unpaired) electrons. The van der Waals surface area contributed by atoms with Crippen LogP contribution in [-0.4, -0.2) is 25.2 Å². The molecule has 0 N–H and O–H groups in total. The standard InChI is InChI=1S/C13H13NO3/c1-16-10-3-4-11-9(7-13(15)17-2)5-6-14-12(11)8-10/h3-6,8H,7H2,1-2H3. The molecule has 0 aliphatic rings. The molecule has 0 saturated carbocycles. The summed E-state index contributed by atoms with van der Waals surface area (Å²) in [5.41, 5.74) is 1.72. The topological polar surface area (TPSA) is 48.4 Å². The number of pyridine rings is 1. The fourth-order valence-electron chi connectivity index (χ4n) is 1.70. The normalized spacial score (nSPS) is 10.2. The van der Waals surface area contributed by atoms with Gasteiger partial charge in [-0.1, -0.05) is 0 Å². The van der Waals surface area contributed by atoms with Crippen molar-refractivity contribution in [1.29, 1.82) is 0 Å². The smallest absolute Gasteiger partial charge is 0.310 e. The number of aromatic nitrogens is 1. The van der Waals surface area contributed by atoms with E-state index in [0.717, 1.165) is 22.2 Å². The van der Waals surface area contributed by atoms with Crippen molar-refractivity contribution in [3.63, 3.8) is 0 Å². The number of esters is 1. The summed E-state index contributed by atoms with van der Waals surface area (Å²) in [5.74, 6) is 0.494. The van der Waals surface area contributed by atoms with Gasteiger partial charge in [-0.05, 0) is 23.8 Å². The first-order chi connectivity index (χ1) is 8.24. The van der Waals surface area contributed by atoms with Crippen LogP contribution >= 0.6 is 0 Å². The van der Waals surface area contributed by atoms with Crippen LogP contribution in [0, 0.1) is 0 Å². The van der Waals surface area contributed by atoms with E-state index in [4.69, 9.17) is 4.74 Å². The Labute approximate surface area is 99.2 Å². The van der Waals surface area contributed by atoms with E-state index >= 15 is 0 Å². The number of rotatable bonds is 3. The minimum Gasteiger partial charge on any atom is -0.497 e. The van der Waals surface area contributed by atoms with Gasteiger partial charge in [-0.15, -0.1) is 0 Å². The Morgan fingerprint density at radius 3 is 2.82 bits per heavy atom. The summed E-state index contributed by atoms with van der Waals surface area (Å²) in [5, 5.41) is 0.943. The molecule has 0 aliphatic heterocycles. The lowest BCUT2D eigenvalue weighted by molar-refractivity contribution is -0.139. The number of hydrogen-bond acceptors (Lipinski definition) is 4. The molecule has 0 atom stereocenters. The van der Waals surface area contributed by atoms with E-state index in [9.17, 15) is 4.79 Å². The number of hydrogen-bond donors (Lipinski definition) is 0. The van der Waals surface area contributed by atoms with Gasteiger partial charge in [0, 0.05) is 17.6 Å². The van der Waals surface area contributed by atoms with Crippen LogP contribution in [0.4, 0.5) is 0 Å². The van der Waals surface area contributed by atoms with Crippen LogP contribution in [0.15, 0.2) is 30.5 Å². The third kappa shape index (κ3) is 2.36. The Kier molecular flexibility index (Phi) is 3.23. The molecule has 1 heterocycles. The van der Waals surface area contributed by atoms with Crippen LogP contribution in [0.25, 0.3) is 10.9 Å². The number of ether oxygens (including phenoxy) is 2. The maximum absolute atomic E-state index is 11.3. The highest BCUT2D eigenvalue weighted by Crippen LogP contribution is 2.22. The van der Waals surface area contributed by atoms with E-state index in [-0.39, 0.29) is 12.4 Å². The second-order valence-electron chi connectivity index (χ2n) is 3.61. The summed E-state index contributed by atoms with van der Waals surface area (Å²) in [6.45, 7) is 0. The predicted octanol–water partition coefficient (Wildman–Crippen LogP) is 1.96. The van der Waals surface area contributed by atoms with Gasteiger partial charge in [0.25, 0.3) is 0 Å². The van der Waals surface area contributed by atoms with Gasteiger partial charge in [-0.3, -0.25) is 9.78 Å². The summed E-state index contributed by atoms with van der Waals surface area (Å²) in [6.07, 6.45) is 1.93. The average molecular weight is 231 g/mol. The van der Waals surface area contributed by atoms with Crippen molar-refractivity contribution in [2.24, 2.45) is 0 Å². The third-order valence-corrected chi connectivity index (χ3v) is 2.60. The summed E-state index contributed by atoms with van der Waals surface area (Å²) < 4.78 is 9.80. The number of carbonyl (C=O) groups excluding carboxylic acids is 1. The first-order valence-electron chi connectivity index (χ1n) is 5.23. The summed E-state index contributed by atoms with van der Waals surface area (Å²) in [7, 11) is 2.99. The monoisotopic (exact) mass is 231 g/mol. The van der Waals surface area contributed by atoms with E-state index in [1.807, 2.05) is 24.3 Å². The summed E-state index contributed by atoms with van der Waals surface area (Å²) in [6, 6.07) is 7.42. The van der Waals surface area contributed by atoms with Crippen LogP contribution < -0.4 is 4.74 Å². The molecule has 1 aromatic carbocycles. The highest BCUT2D eigenvalue weighted by atomic mass is 16.5. The summed E-state index contributed by atoms with van der Waals surface area (Å²) >= 11 is 0. The van der Waals surface area contributed by atoms with E-state index in [0.29, 0.717) is 0 Å². The molecule has 1 aromatic heterocycles. The van der Waals surface area contributed by atoms with Gasteiger partial charge in [-0.25, -0.2) is 0 Å². The van der Waals surface area contributed by atoms with Crippen molar-refractivity contribution in [1.82, 2.24) is 4.98 Å². The summed E-state index contributed by atoms with van der Waals surface area (Å²) in [4.78, 5) is 15.5. The third-order valence-electron chi connectivity index (χ3n) is 2.60. The van der Waals surface area contributed by atoms with Crippen LogP contribution in [0.2, 0.25) is 0 Å². The first kappa shape index (κ1) is 11.4. The maximum atomic E-state index is 11.3. The van der Waals surface area contributed by atoms with Crippen LogP contribution in [-0.2, 0) is 16.0 Å². The van der Waals surface area contributed by atoms with Crippen LogP contribution in [0.3, 0.4) is 0 Å². The number of benzene rings is 1. The van der Waals surface area contributed by atoms with Crippen molar-refractivity contribution in [3.8, 4) is 5.75 Å². The minimum absolute atomic E-state index is 0.252. The Balaban J connectivity index is 2.46. The second kappa shape index (κ2) is 4.82. The lowest BCUT2D eigenvalue weighted by Crippen LogP contribution is -2.05. The SMILES string of the molecule is COC(=O)Cc1ccnc2cc(OC)ccc12. The van der Waals surface area contributed by atoms with Crippen molar-refractivity contribution < 1.29 is 14.3 Å². The minimum atomic E-state index is -0.256. The molecule has 0 spiro atoms. The lowest BCUT2D eigenvalue weighted by Gasteiger charge is -2.06. The van der Waals surface area contributed by atoms with Gasteiger partial charge in [0.05, 0.1) is 26.2 Å². The van der Waals surface area contributed by atoms with Gasteiger partial charge in [0.15, 0.2) is 0 Å². The fourth-order valence-corrected chi connectivity index (χ4v) is 1.70. The van der Waals surface area contributed by atoms with E-state index in [1.54, 1.807) is 13.3 Å². The second-order valence-corrected chi connectivity index (χ2v) is 3.61. The predicted molar refractivity (Wildman–Crippen MR) is 64.0 cm³/mol. The number of carbonyl (C=O) groups is 1. The molecule has 4 heteroatoms. The molecule has 88 valence electrons. The molecule has 0 fully saturated rings. The van der Waals surface area contributed by atoms with Crippen molar-refractivity contribution in [2.45, 2.75) is 6.42 Å². The zero-order chi connectivity index (χ0) is 12.3. The highest BCUT2D eigenvalue weighted by molar-refractivity contribution is 5.87. The molecule has 4 nitrogen and oxygen atoms in total. The van der Waals surface area contributed by atoms with Crippen molar-refractivity contribution in [2.75, 3.05) is 14.2 Å². The lowest BCUT2D eigenvalue weighted by atomic mass is 10.1. The number of fused-ring (bicyclic) bond motifs is 1. The number of methoxy groups -OCH3 is 2. The Hall–Kier alpha value is -2.10. The molecule has 0 aliphatic carbocycles. The van der Waals surface area contributed by atoms with Crippen LogP contribution in [0.1, 0.15) is 5.56 Å². The van der Waals surface area contributed by atoms with E-state index < -0.39 is 0 Å². The van der Waals surface area contributed by atoms with Gasteiger partial charge in [0.1, 0.15) is 5.75 Å². The Bertz CT molecular complexity index is 551. The average Bonchev–Trinajstić information content (AvgIpc) is 2.38. The molecule has 0 unspecified atom stereocenters. The molecular weight excluding hydrogens is 218 g/mol. The van der Waals surface area contributed by atoms with Crippen molar-refractivity contribution >= 4 is 16.9 Å². The highest BCUT2D eigenvalue weighted by Gasteiger charge is 2.08. The molecular formula is C13H13NO3. The zero-order valence-electron chi connectivity index (χ0n) is 9.77. The van der Waals surface area contributed by atoms with Gasteiger partial charge in [0.2, 0.25) is 0 Å². The first-order valence-corrected chi connectivity index (χ1v) is 5.23. The largest absolute Gasteiger partial charge is 0.497 e. The van der Waals surface area contributed by atoms with Crippen LogP contribution in [0.5, 0.6) is 5.75 Å². The number of nitrogens with zero attached hydrogens (tertiary/aromatic N) is 1. The Morgan fingerprint density at radius 2 is 2.12 bits per heavy atom. The quantitative estimate of drug-likeness (QED) is 0.758.